The second-order valence-corrected chi connectivity index (χ2v) is 5.21. The molecule has 0 spiro atoms. The Bertz CT molecular complexity index is 590. The molecule has 1 atom stereocenters. The van der Waals surface area contributed by atoms with Crippen LogP contribution in [-0.4, -0.2) is 37.7 Å². The fraction of sp³-hybridized carbons (Fsp3) is 0.357. The van der Waals surface area contributed by atoms with Crippen LogP contribution in [0, 0.1) is 0 Å². The summed E-state index contributed by atoms with van der Waals surface area (Å²) < 4.78 is 0. The zero-order valence-corrected chi connectivity index (χ0v) is 11.7. The van der Waals surface area contributed by atoms with Gasteiger partial charge in [0.15, 0.2) is 5.69 Å². The van der Waals surface area contributed by atoms with Crippen LogP contribution in [0.1, 0.15) is 31.3 Å². The Morgan fingerprint density at radius 1 is 1.35 bits per heavy atom. The van der Waals surface area contributed by atoms with E-state index >= 15 is 0 Å². The monoisotopic (exact) mass is 274 g/mol. The first-order chi connectivity index (χ1) is 9.40. The first-order valence-corrected chi connectivity index (χ1v) is 6.38. The average Bonchev–Trinajstić information content (AvgIpc) is 2.88. The number of amides is 1. The van der Waals surface area contributed by atoms with Gasteiger partial charge in [0.1, 0.15) is 0 Å². The third kappa shape index (κ3) is 3.03. The minimum Gasteiger partial charge on any atom is -0.391 e. The maximum Gasteiger partial charge on any atom is 0.273 e. The van der Waals surface area contributed by atoms with E-state index in [9.17, 15) is 9.90 Å². The van der Waals surface area contributed by atoms with E-state index in [0.29, 0.717) is 0 Å². The Labute approximate surface area is 117 Å². The highest BCUT2D eigenvalue weighted by molar-refractivity contribution is 5.92. The molecule has 0 aliphatic carbocycles. The number of carbonyl (C=O) groups is 1. The molecule has 6 heteroatoms. The number of para-hydroxylation sites is 1. The number of hydrogen-bond acceptors (Lipinski definition) is 4. The summed E-state index contributed by atoms with van der Waals surface area (Å²) in [7, 11) is 0. The molecule has 20 heavy (non-hydrogen) atoms. The zero-order chi connectivity index (χ0) is 14.8. The van der Waals surface area contributed by atoms with Crippen LogP contribution in [0.4, 0.5) is 0 Å². The lowest BCUT2D eigenvalue weighted by Crippen LogP contribution is -2.51. The quantitative estimate of drug-likeness (QED) is 0.876. The van der Waals surface area contributed by atoms with Crippen molar-refractivity contribution in [2.45, 2.75) is 32.4 Å². The van der Waals surface area contributed by atoms with Gasteiger partial charge < -0.3 is 10.4 Å². The molecule has 1 amide bonds. The van der Waals surface area contributed by atoms with Crippen molar-refractivity contribution in [3.05, 3.63) is 42.2 Å². The zero-order valence-electron chi connectivity index (χ0n) is 11.7. The van der Waals surface area contributed by atoms with Crippen LogP contribution in [0.3, 0.4) is 0 Å². The number of aliphatic hydroxyl groups is 1. The first kappa shape index (κ1) is 14.2. The number of nitrogens with one attached hydrogen (secondary N) is 1. The summed E-state index contributed by atoms with van der Waals surface area (Å²) >= 11 is 0. The summed E-state index contributed by atoms with van der Waals surface area (Å²) in [6.45, 7) is 5.12. The van der Waals surface area contributed by atoms with E-state index in [1.165, 1.54) is 11.0 Å². The molecular weight excluding hydrogens is 256 g/mol. The molecule has 1 aromatic heterocycles. The fourth-order valence-corrected chi connectivity index (χ4v) is 1.51. The third-order valence-corrected chi connectivity index (χ3v) is 3.19. The van der Waals surface area contributed by atoms with Crippen molar-refractivity contribution in [2.24, 2.45) is 0 Å². The standard InChI is InChI=1S/C14H18N4O2/c1-10(19)14(2,3)16-13(20)12-9-15-18(17-12)11-7-5-4-6-8-11/h4-10,19H,1-3H3,(H,16,20). The minimum absolute atomic E-state index is 0.211. The van der Waals surface area contributed by atoms with Crippen LogP contribution in [0.15, 0.2) is 36.5 Å². The molecule has 2 N–H and O–H groups in total. The predicted molar refractivity (Wildman–Crippen MR) is 74.6 cm³/mol. The highest BCUT2D eigenvalue weighted by Gasteiger charge is 2.27. The Balaban J connectivity index is 2.15. The maximum atomic E-state index is 12.1. The third-order valence-electron chi connectivity index (χ3n) is 3.19. The fourth-order valence-electron chi connectivity index (χ4n) is 1.51. The van der Waals surface area contributed by atoms with Crippen molar-refractivity contribution in [2.75, 3.05) is 0 Å². The van der Waals surface area contributed by atoms with E-state index in [4.69, 9.17) is 0 Å². The summed E-state index contributed by atoms with van der Waals surface area (Å²) in [5, 5.41) is 20.5. The number of hydrogen-bond donors (Lipinski definition) is 2. The van der Waals surface area contributed by atoms with Crippen molar-refractivity contribution in [1.29, 1.82) is 0 Å². The molecule has 2 rings (SSSR count). The Kier molecular flexibility index (Phi) is 3.85. The van der Waals surface area contributed by atoms with E-state index in [1.54, 1.807) is 20.8 Å². The van der Waals surface area contributed by atoms with Gasteiger partial charge >= 0.3 is 0 Å². The summed E-state index contributed by atoms with van der Waals surface area (Å²) in [5.74, 6) is -0.363. The lowest BCUT2D eigenvalue weighted by Gasteiger charge is -2.28. The Morgan fingerprint density at radius 2 is 2.00 bits per heavy atom. The van der Waals surface area contributed by atoms with Gasteiger partial charge in [0, 0.05) is 0 Å². The number of rotatable bonds is 4. The molecular formula is C14H18N4O2. The second kappa shape index (κ2) is 5.42. The number of carbonyl (C=O) groups excluding carboxylic acids is 1. The van der Waals surface area contributed by atoms with Gasteiger partial charge in [-0.15, -0.1) is 5.10 Å². The smallest absolute Gasteiger partial charge is 0.273 e. The van der Waals surface area contributed by atoms with Gasteiger partial charge in [0.25, 0.3) is 5.91 Å². The van der Waals surface area contributed by atoms with Crippen molar-refractivity contribution in [3.63, 3.8) is 0 Å². The summed E-state index contributed by atoms with van der Waals surface area (Å²) in [6.07, 6.45) is 0.733. The highest BCUT2D eigenvalue weighted by atomic mass is 16.3. The second-order valence-electron chi connectivity index (χ2n) is 5.21. The lowest BCUT2D eigenvalue weighted by molar-refractivity contribution is 0.0705. The van der Waals surface area contributed by atoms with Crippen molar-refractivity contribution in [3.8, 4) is 5.69 Å². The molecule has 0 aliphatic heterocycles. The van der Waals surface area contributed by atoms with E-state index < -0.39 is 11.6 Å². The molecule has 0 saturated carbocycles. The van der Waals surface area contributed by atoms with Crippen LogP contribution < -0.4 is 5.32 Å². The highest BCUT2D eigenvalue weighted by Crippen LogP contribution is 2.10. The van der Waals surface area contributed by atoms with Gasteiger partial charge in [0.2, 0.25) is 0 Å². The van der Waals surface area contributed by atoms with Crippen molar-refractivity contribution in [1.82, 2.24) is 20.3 Å². The van der Waals surface area contributed by atoms with Crippen LogP contribution in [0.25, 0.3) is 5.69 Å². The number of nitrogens with zero attached hydrogens (tertiary/aromatic N) is 3. The lowest BCUT2D eigenvalue weighted by atomic mass is 9.99. The van der Waals surface area contributed by atoms with Crippen LogP contribution in [0.2, 0.25) is 0 Å². The van der Waals surface area contributed by atoms with Gasteiger partial charge in [-0.05, 0) is 32.9 Å². The van der Waals surface area contributed by atoms with E-state index in [2.05, 4.69) is 15.5 Å². The first-order valence-electron chi connectivity index (χ1n) is 6.38. The largest absolute Gasteiger partial charge is 0.391 e. The SMILES string of the molecule is CC(O)C(C)(C)NC(=O)c1cnn(-c2ccccc2)n1. The number of aromatic nitrogens is 3. The molecule has 0 bridgehead atoms. The average molecular weight is 274 g/mol. The molecule has 6 nitrogen and oxygen atoms in total. The van der Waals surface area contributed by atoms with Gasteiger partial charge in [0.05, 0.1) is 23.5 Å². The molecule has 1 unspecified atom stereocenters. The topological polar surface area (TPSA) is 80.0 Å². The summed E-state index contributed by atoms with van der Waals surface area (Å²) in [6, 6.07) is 9.33. The van der Waals surface area contributed by atoms with Crippen LogP contribution >= 0.6 is 0 Å². The van der Waals surface area contributed by atoms with Crippen molar-refractivity contribution >= 4 is 5.91 Å². The van der Waals surface area contributed by atoms with Gasteiger partial charge in [-0.1, -0.05) is 18.2 Å². The van der Waals surface area contributed by atoms with Gasteiger partial charge in [-0.25, -0.2) is 0 Å². The number of benzene rings is 1. The molecule has 0 radical (unpaired) electrons. The van der Waals surface area contributed by atoms with E-state index in [1.807, 2.05) is 30.3 Å². The molecule has 0 saturated heterocycles. The minimum atomic E-state index is -0.729. The van der Waals surface area contributed by atoms with E-state index in [-0.39, 0.29) is 11.6 Å². The Morgan fingerprint density at radius 3 is 2.60 bits per heavy atom. The molecule has 0 aliphatic rings. The Hall–Kier alpha value is -2.21. The van der Waals surface area contributed by atoms with Gasteiger partial charge in [-0.3, -0.25) is 4.79 Å². The molecule has 1 heterocycles. The summed E-state index contributed by atoms with van der Waals surface area (Å²) in [5.41, 5.74) is 0.261. The van der Waals surface area contributed by atoms with Gasteiger partial charge in [-0.2, -0.15) is 9.90 Å². The number of aliphatic hydroxyl groups excluding tert-OH is 1. The van der Waals surface area contributed by atoms with E-state index in [0.717, 1.165) is 5.69 Å². The summed E-state index contributed by atoms with van der Waals surface area (Å²) in [4.78, 5) is 13.5. The molecule has 106 valence electrons. The maximum absolute atomic E-state index is 12.1. The molecule has 1 aromatic carbocycles. The van der Waals surface area contributed by atoms with Crippen LogP contribution in [0.5, 0.6) is 0 Å². The molecule has 0 fully saturated rings. The normalized spacial score (nSPS) is 13.0. The van der Waals surface area contributed by atoms with Crippen molar-refractivity contribution < 1.29 is 9.90 Å². The predicted octanol–water partition coefficient (Wildman–Crippen LogP) is 1.16. The molecule has 2 aromatic rings. The van der Waals surface area contributed by atoms with Crippen LogP contribution in [-0.2, 0) is 0 Å².